The molecule has 0 aliphatic carbocycles. The van der Waals surface area contributed by atoms with Crippen molar-refractivity contribution in [1.82, 2.24) is 4.98 Å². The maximum atomic E-state index is 12.2. The van der Waals surface area contributed by atoms with E-state index in [9.17, 15) is 4.79 Å². The zero-order valence-corrected chi connectivity index (χ0v) is 11.0. The number of carbonyl (C=O) groups is 1. The number of aromatic nitrogens is 1. The minimum Gasteiger partial charge on any atom is -0.480 e. The molecule has 0 fully saturated rings. The Morgan fingerprint density at radius 3 is 2.79 bits per heavy atom. The highest BCUT2D eigenvalue weighted by molar-refractivity contribution is 6.06. The Kier molecular flexibility index (Phi) is 4.13. The maximum Gasteiger partial charge on any atom is 0.261 e. The summed E-state index contributed by atoms with van der Waals surface area (Å²) in [6.07, 6.45) is 2.45. The molecule has 1 heterocycles. The summed E-state index contributed by atoms with van der Waals surface area (Å²) < 4.78 is 5.09. The van der Waals surface area contributed by atoms with Crippen molar-refractivity contribution in [3.8, 4) is 5.88 Å². The van der Waals surface area contributed by atoms with Crippen molar-refractivity contribution in [1.29, 1.82) is 0 Å². The van der Waals surface area contributed by atoms with Gasteiger partial charge in [-0.1, -0.05) is 25.1 Å². The van der Waals surface area contributed by atoms with Crippen LogP contribution in [0.4, 0.5) is 5.69 Å². The van der Waals surface area contributed by atoms with Crippen LogP contribution in [-0.2, 0) is 6.42 Å². The van der Waals surface area contributed by atoms with Crippen LogP contribution in [0.3, 0.4) is 0 Å². The second-order valence-corrected chi connectivity index (χ2v) is 4.03. The average molecular weight is 256 g/mol. The third-order valence-electron chi connectivity index (χ3n) is 2.86. The van der Waals surface area contributed by atoms with Gasteiger partial charge in [0.2, 0.25) is 5.88 Å². The van der Waals surface area contributed by atoms with Crippen LogP contribution in [0, 0.1) is 0 Å². The fourth-order valence-electron chi connectivity index (χ4n) is 1.87. The van der Waals surface area contributed by atoms with E-state index in [4.69, 9.17) is 4.74 Å². The van der Waals surface area contributed by atoms with E-state index in [0.717, 1.165) is 17.7 Å². The molecule has 2 rings (SSSR count). The standard InChI is InChI=1S/C15H16N2O2/c1-3-11-7-4-5-9-13(11)17-14(18)12-8-6-10-16-15(12)19-2/h4-10H,3H2,1-2H3,(H,17,18). The van der Waals surface area contributed by atoms with Crippen molar-refractivity contribution in [2.24, 2.45) is 0 Å². The van der Waals surface area contributed by atoms with Gasteiger partial charge in [-0.25, -0.2) is 4.98 Å². The van der Waals surface area contributed by atoms with Gasteiger partial charge in [0.25, 0.3) is 5.91 Å². The minimum atomic E-state index is -0.217. The van der Waals surface area contributed by atoms with Gasteiger partial charge in [0.1, 0.15) is 5.56 Å². The average Bonchev–Trinajstić information content (AvgIpc) is 2.47. The first-order valence-corrected chi connectivity index (χ1v) is 6.14. The van der Waals surface area contributed by atoms with E-state index in [1.54, 1.807) is 18.3 Å². The molecule has 0 saturated carbocycles. The molecule has 1 amide bonds. The van der Waals surface area contributed by atoms with Crippen LogP contribution in [0.2, 0.25) is 0 Å². The lowest BCUT2D eigenvalue weighted by molar-refractivity contribution is 0.102. The second-order valence-electron chi connectivity index (χ2n) is 4.03. The zero-order chi connectivity index (χ0) is 13.7. The largest absolute Gasteiger partial charge is 0.480 e. The summed E-state index contributed by atoms with van der Waals surface area (Å²) in [5.41, 5.74) is 2.34. The summed E-state index contributed by atoms with van der Waals surface area (Å²) in [6, 6.07) is 11.1. The van der Waals surface area contributed by atoms with E-state index in [0.29, 0.717) is 11.4 Å². The Morgan fingerprint density at radius 1 is 1.26 bits per heavy atom. The SMILES string of the molecule is CCc1ccccc1NC(=O)c1cccnc1OC. The molecule has 0 unspecified atom stereocenters. The van der Waals surface area contributed by atoms with E-state index in [1.165, 1.54) is 7.11 Å². The molecular weight excluding hydrogens is 240 g/mol. The van der Waals surface area contributed by atoms with Crippen LogP contribution in [0.15, 0.2) is 42.6 Å². The quantitative estimate of drug-likeness (QED) is 0.915. The Labute approximate surface area is 112 Å². The highest BCUT2D eigenvalue weighted by Gasteiger charge is 2.13. The molecule has 2 aromatic rings. The predicted octanol–water partition coefficient (Wildman–Crippen LogP) is 2.90. The van der Waals surface area contributed by atoms with Crippen LogP contribution in [-0.4, -0.2) is 18.0 Å². The number of carbonyl (C=O) groups excluding carboxylic acids is 1. The van der Waals surface area contributed by atoms with Crippen LogP contribution >= 0.6 is 0 Å². The summed E-state index contributed by atoms with van der Waals surface area (Å²) in [5, 5.41) is 2.89. The number of ether oxygens (including phenoxy) is 1. The Bertz CT molecular complexity index is 582. The van der Waals surface area contributed by atoms with Crippen molar-refractivity contribution in [3.05, 3.63) is 53.7 Å². The van der Waals surface area contributed by atoms with Crippen LogP contribution in [0.1, 0.15) is 22.8 Å². The van der Waals surface area contributed by atoms with Crippen molar-refractivity contribution in [2.45, 2.75) is 13.3 Å². The molecule has 0 aliphatic rings. The normalized spacial score (nSPS) is 10.0. The number of anilines is 1. The molecule has 1 aromatic heterocycles. The monoisotopic (exact) mass is 256 g/mol. The molecule has 0 bridgehead atoms. The second kappa shape index (κ2) is 6.00. The lowest BCUT2D eigenvalue weighted by Gasteiger charge is -2.11. The Hall–Kier alpha value is -2.36. The van der Waals surface area contributed by atoms with Crippen LogP contribution in [0.25, 0.3) is 0 Å². The first-order chi connectivity index (χ1) is 9.26. The van der Waals surface area contributed by atoms with E-state index in [1.807, 2.05) is 24.3 Å². The third-order valence-corrected chi connectivity index (χ3v) is 2.86. The van der Waals surface area contributed by atoms with Gasteiger partial charge in [-0.3, -0.25) is 4.79 Å². The molecule has 0 saturated heterocycles. The number of rotatable bonds is 4. The molecule has 0 aliphatic heterocycles. The number of hydrogen-bond donors (Lipinski definition) is 1. The first-order valence-electron chi connectivity index (χ1n) is 6.14. The molecule has 19 heavy (non-hydrogen) atoms. The molecule has 4 nitrogen and oxygen atoms in total. The predicted molar refractivity (Wildman–Crippen MR) is 74.6 cm³/mol. The summed E-state index contributed by atoms with van der Waals surface area (Å²) in [4.78, 5) is 16.3. The number of pyridine rings is 1. The zero-order valence-electron chi connectivity index (χ0n) is 11.0. The molecule has 0 atom stereocenters. The van der Waals surface area contributed by atoms with Gasteiger partial charge >= 0.3 is 0 Å². The summed E-state index contributed by atoms with van der Waals surface area (Å²) >= 11 is 0. The number of benzene rings is 1. The molecule has 4 heteroatoms. The van der Waals surface area contributed by atoms with Crippen molar-refractivity contribution in [2.75, 3.05) is 12.4 Å². The molecule has 0 radical (unpaired) electrons. The smallest absolute Gasteiger partial charge is 0.261 e. The topological polar surface area (TPSA) is 51.2 Å². The molecule has 0 spiro atoms. The fraction of sp³-hybridized carbons (Fsp3) is 0.200. The van der Waals surface area contributed by atoms with E-state index >= 15 is 0 Å². The lowest BCUT2D eigenvalue weighted by Crippen LogP contribution is -2.14. The highest BCUT2D eigenvalue weighted by Crippen LogP contribution is 2.19. The summed E-state index contributed by atoms with van der Waals surface area (Å²) in [6.45, 7) is 2.05. The van der Waals surface area contributed by atoms with Gasteiger partial charge in [-0.15, -0.1) is 0 Å². The van der Waals surface area contributed by atoms with Crippen LogP contribution in [0.5, 0.6) is 5.88 Å². The first kappa shape index (κ1) is 13.1. The number of amides is 1. The number of nitrogens with zero attached hydrogens (tertiary/aromatic N) is 1. The minimum absolute atomic E-state index is 0.217. The number of aryl methyl sites for hydroxylation is 1. The number of methoxy groups -OCH3 is 1. The van der Waals surface area contributed by atoms with Crippen molar-refractivity contribution < 1.29 is 9.53 Å². The van der Waals surface area contributed by atoms with Gasteiger partial charge in [0.05, 0.1) is 7.11 Å². The number of nitrogens with one attached hydrogen (secondary N) is 1. The summed E-state index contributed by atoms with van der Waals surface area (Å²) in [5.74, 6) is 0.111. The molecule has 98 valence electrons. The molecule has 1 N–H and O–H groups in total. The molecular formula is C15H16N2O2. The van der Waals surface area contributed by atoms with Gasteiger partial charge < -0.3 is 10.1 Å². The van der Waals surface area contributed by atoms with E-state index in [2.05, 4.69) is 17.2 Å². The lowest BCUT2D eigenvalue weighted by atomic mass is 10.1. The van der Waals surface area contributed by atoms with Gasteiger partial charge in [0.15, 0.2) is 0 Å². The number of hydrogen-bond acceptors (Lipinski definition) is 3. The maximum absolute atomic E-state index is 12.2. The van der Waals surface area contributed by atoms with Gasteiger partial charge in [-0.05, 0) is 30.2 Å². The van der Waals surface area contributed by atoms with E-state index < -0.39 is 0 Å². The third kappa shape index (κ3) is 2.91. The molecule has 1 aromatic carbocycles. The highest BCUT2D eigenvalue weighted by atomic mass is 16.5. The number of para-hydroxylation sites is 1. The summed E-state index contributed by atoms with van der Waals surface area (Å²) in [7, 11) is 1.50. The fourth-order valence-corrected chi connectivity index (χ4v) is 1.87. The Balaban J connectivity index is 2.26. The Morgan fingerprint density at radius 2 is 2.05 bits per heavy atom. The van der Waals surface area contributed by atoms with Gasteiger partial charge in [0, 0.05) is 11.9 Å². The van der Waals surface area contributed by atoms with Crippen molar-refractivity contribution >= 4 is 11.6 Å². The van der Waals surface area contributed by atoms with Crippen molar-refractivity contribution in [3.63, 3.8) is 0 Å². The van der Waals surface area contributed by atoms with Gasteiger partial charge in [-0.2, -0.15) is 0 Å². The van der Waals surface area contributed by atoms with Crippen LogP contribution < -0.4 is 10.1 Å². The van der Waals surface area contributed by atoms with E-state index in [-0.39, 0.29) is 5.91 Å².